The Hall–Kier alpha value is -0.935. The Balaban J connectivity index is 2.81. The molecule has 64 valence electrons. The molecule has 0 saturated carbocycles. The molecular formula is C7H9BFNO2. The molecule has 0 unspecified atom stereocenters. The van der Waals surface area contributed by atoms with Crippen LogP contribution in [0.1, 0.15) is 5.69 Å². The van der Waals surface area contributed by atoms with Gasteiger partial charge in [0.05, 0.1) is 6.67 Å². The van der Waals surface area contributed by atoms with Gasteiger partial charge in [-0.15, -0.1) is 0 Å². The molecular weight excluding hydrogens is 160 g/mol. The van der Waals surface area contributed by atoms with Crippen LogP contribution in [-0.4, -0.2) is 28.8 Å². The highest BCUT2D eigenvalue weighted by molar-refractivity contribution is 6.58. The molecule has 0 aliphatic carbocycles. The summed E-state index contributed by atoms with van der Waals surface area (Å²) in [5.74, 6) is 0. The quantitative estimate of drug-likeness (QED) is 0.586. The van der Waals surface area contributed by atoms with E-state index in [1.54, 1.807) is 0 Å². The molecule has 0 radical (unpaired) electrons. The largest absolute Gasteiger partial charge is 0.488 e. The first-order valence-electron chi connectivity index (χ1n) is 3.61. The molecule has 0 atom stereocenters. The number of aryl methyl sites for hydroxylation is 1. The number of alkyl halides is 1. The Kier molecular flexibility index (Phi) is 3.19. The van der Waals surface area contributed by atoms with Crippen molar-refractivity contribution in [3.63, 3.8) is 0 Å². The SMILES string of the molecule is OB(O)c1ccnc(CCF)c1. The second-order valence-corrected chi connectivity index (χ2v) is 2.39. The van der Waals surface area contributed by atoms with Gasteiger partial charge >= 0.3 is 7.12 Å². The molecule has 1 aromatic rings. The van der Waals surface area contributed by atoms with Crippen molar-refractivity contribution in [2.24, 2.45) is 0 Å². The van der Waals surface area contributed by atoms with E-state index < -0.39 is 13.8 Å². The molecule has 1 aromatic heterocycles. The number of hydrogen-bond acceptors (Lipinski definition) is 3. The fourth-order valence-electron chi connectivity index (χ4n) is 0.891. The van der Waals surface area contributed by atoms with Gasteiger partial charge in [0.15, 0.2) is 0 Å². The van der Waals surface area contributed by atoms with E-state index >= 15 is 0 Å². The third-order valence-electron chi connectivity index (χ3n) is 1.49. The Morgan fingerprint density at radius 1 is 1.50 bits per heavy atom. The molecule has 0 bridgehead atoms. The van der Waals surface area contributed by atoms with Gasteiger partial charge in [0, 0.05) is 18.3 Å². The Morgan fingerprint density at radius 2 is 2.25 bits per heavy atom. The maximum atomic E-state index is 11.8. The van der Waals surface area contributed by atoms with Gasteiger partial charge in [0.1, 0.15) is 0 Å². The van der Waals surface area contributed by atoms with Crippen molar-refractivity contribution in [3.05, 3.63) is 24.0 Å². The Morgan fingerprint density at radius 3 is 2.83 bits per heavy atom. The van der Waals surface area contributed by atoms with Gasteiger partial charge < -0.3 is 10.0 Å². The number of nitrogens with zero attached hydrogens (tertiary/aromatic N) is 1. The van der Waals surface area contributed by atoms with Crippen LogP contribution in [0.4, 0.5) is 4.39 Å². The lowest BCUT2D eigenvalue weighted by atomic mass is 9.80. The molecule has 0 aliphatic rings. The van der Waals surface area contributed by atoms with Gasteiger partial charge in [0.2, 0.25) is 0 Å². The summed E-state index contributed by atoms with van der Waals surface area (Å²) in [5, 5.41) is 17.5. The molecule has 1 rings (SSSR count). The van der Waals surface area contributed by atoms with Crippen molar-refractivity contribution in [1.82, 2.24) is 4.98 Å². The number of hydrogen-bond donors (Lipinski definition) is 2. The summed E-state index contributed by atoms with van der Waals surface area (Å²) in [6.45, 7) is -0.488. The van der Waals surface area contributed by atoms with E-state index in [-0.39, 0.29) is 6.42 Å². The van der Waals surface area contributed by atoms with E-state index in [1.807, 2.05) is 0 Å². The zero-order chi connectivity index (χ0) is 8.97. The highest BCUT2D eigenvalue weighted by Crippen LogP contribution is 1.93. The fraction of sp³-hybridized carbons (Fsp3) is 0.286. The van der Waals surface area contributed by atoms with Crippen molar-refractivity contribution < 1.29 is 14.4 Å². The predicted octanol–water partition coefficient (Wildman–Crippen LogP) is -0.727. The minimum Gasteiger partial charge on any atom is -0.423 e. The van der Waals surface area contributed by atoms with Crippen molar-refractivity contribution >= 4 is 12.6 Å². The summed E-state index contributed by atoms with van der Waals surface area (Å²) >= 11 is 0. The molecule has 0 aromatic carbocycles. The highest BCUT2D eigenvalue weighted by Gasteiger charge is 2.10. The van der Waals surface area contributed by atoms with Crippen molar-refractivity contribution in [2.45, 2.75) is 6.42 Å². The highest BCUT2D eigenvalue weighted by atomic mass is 19.1. The second kappa shape index (κ2) is 4.18. The van der Waals surface area contributed by atoms with Crippen LogP contribution in [-0.2, 0) is 6.42 Å². The van der Waals surface area contributed by atoms with E-state index in [1.165, 1.54) is 18.3 Å². The summed E-state index contributed by atoms with van der Waals surface area (Å²) in [7, 11) is -1.51. The summed E-state index contributed by atoms with van der Waals surface area (Å²) in [4.78, 5) is 3.85. The van der Waals surface area contributed by atoms with Crippen LogP contribution in [0, 0.1) is 0 Å². The van der Waals surface area contributed by atoms with Gasteiger partial charge in [-0.05, 0) is 17.6 Å². The Bertz CT molecular complexity index is 257. The van der Waals surface area contributed by atoms with Crippen LogP contribution in [0.15, 0.2) is 18.3 Å². The van der Waals surface area contributed by atoms with Gasteiger partial charge in [-0.25, -0.2) is 0 Å². The lowest BCUT2D eigenvalue weighted by molar-refractivity contribution is 0.425. The maximum absolute atomic E-state index is 11.8. The van der Waals surface area contributed by atoms with Crippen LogP contribution in [0.25, 0.3) is 0 Å². The van der Waals surface area contributed by atoms with Gasteiger partial charge in [-0.2, -0.15) is 0 Å². The number of pyridine rings is 1. The summed E-state index contributed by atoms with van der Waals surface area (Å²) < 4.78 is 11.8. The molecule has 0 spiro atoms. The van der Waals surface area contributed by atoms with E-state index in [2.05, 4.69) is 4.98 Å². The Labute approximate surface area is 70.0 Å². The van der Waals surface area contributed by atoms with E-state index in [9.17, 15) is 4.39 Å². The molecule has 0 amide bonds. The second-order valence-electron chi connectivity index (χ2n) is 2.39. The first kappa shape index (κ1) is 9.16. The minimum absolute atomic E-state index is 0.209. The van der Waals surface area contributed by atoms with Crippen molar-refractivity contribution in [1.29, 1.82) is 0 Å². The van der Waals surface area contributed by atoms with Crippen LogP contribution in [0.2, 0.25) is 0 Å². The minimum atomic E-state index is -1.51. The first-order valence-corrected chi connectivity index (χ1v) is 3.61. The monoisotopic (exact) mass is 169 g/mol. The summed E-state index contributed by atoms with van der Waals surface area (Å²) in [5.41, 5.74) is 0.872. The summed E-state index contributed by atoms with van der Waals surface area (Å²) in [6, 6.07) is 2.96. The molecule has 2 N–H and O–H groups in total. The van der Waals surface area contributed by atoms with Crippen LogP contribution >= 0.6 is 0 Å². The van der Waals surface area contributed by atoms with Crippen molar-refractivity contribution in [3.8, 4) is 0 Å². The molecule has 3 nitrogen and oxygen atoms in total. The molecule has 0 fully saturated rings. The van der Waals surface area contributed by atoms with E-state index in [4.69, 9.17) is 10.0 Å². The van der Waals surface area contributed by atoms with Crippen molar-refractivity contribution in [2.75, 3.05) is 6.67 Å². The zero-order valence-corrected chi connectivity index (χ0v) is 6.44. The average Bonchev–Trinajstić information content (AvgIpc) is 2.05. The first-order chi connectivity index (χ1) is 5.74. The lowest BCUT2D eigenvalue weighted by Crippen LogP contribution is -2.30. The zero-order valence-electron chi connectivity index (χ0n) is 6.44. The molecule has 12 heavy (non-hydrogen) atoms. The van der Waals surface area contributed by atoms with Gasteiger partial charge in [0.25, 0.3) is 0 Å². The maximum Gasteiger partial charge on any atom is 0.488 e. The van der Waals surface area contributed by atoms with Gasteiger partial charge in [-0.1, -0.05) is 0 Å². The van der Waals surface area contributed by atoms with Crippen LogP contribution in [0.5, 0.6) is 0 Å². The number of halogens is 1. The fourth-order valence-corrected chi connectivity index (χ4v) is 0.891. The summed E-state index contributed by atoms with van der Waals surface area (Å²) in [6.07, 6.45) is 1.64. The van der Waals surface area contributed by atoms with E-state index in [0.717, 1.165) is 0 Å². The standard InChI is InChI=1S/C7H9BFNO2/c9-3-1-7-5-6(8(11)12)2-4-10-7/h2,4-5,11-12H,1,3H2. The molecule has 0 aliphatic heterocycles. The smallest absolute Gasteiger partial charge is 0.423 e. The van der Waals surface area contributed by atoms with Crippen LogP contribution in [0.3, 0.4) is 0 Å². The van der Waals surface area contributed by atoms with Crippen LogP contribution < -0.4 is 5.46 Å². The lowest BCUT2D eigenvalue weighted by Gasteiger charge is -2.00. The third kappa shape index (κ3) is 2.28. The predicted molar refractivity (Wildman–Crippen MR) is 43.7 cm³/mol. The average molecular weight is 169 g/mol. The number of rotatable bonds is 3. The normalized spacial score (nSPS) is 9.92. The molecule has 5 heteroatoms. The number of aromatic nitrogens is 1. The molecule has 1 heterocycles. The van der Waals surface area contributed by atoms with Gasteiger partial charge in [-0.3, -0.25) is 9.37 Å². The topological polar surface area (TPSA) is 53.4 Å². The molecule has 0 saturated heterocycles. The third-order valence-corrected chi connectivity index (χ3v) is 1.49. The van der Waals surface area contributed by atoms with E-state index in [0.29, 0.717) is 11.2 Å².